The fourth-order valence-corrected chi connectivity index (χ4v) is 1.72. The number of carbonyl (C=O) groups excluding carboxylic acids is 1. The molecule has 0 radical (unpaired) electrons. The monoisotopic (exact) mass is 262 g/mol. The third-order valence-corrected chi connectivity index (χ3v) is 2.69. The van der Waals surface area contributed by atoms with Crippen LogP contribution in [0, 0.1) is 11.8 Å². The first-order chi connectivity index (χ1) is 9.09. The van der Waals surface area contributed by atoms with Gasteiger partial charge in [0.15, 0.2) is 5.82 Å². The van der Waals surface area contributed by atoms with Crippen molar-refractivity contribution in [1.82, 2.24) is 9.88 Å². The molecule has 2 rings (SSSR count). The normalized spacial score (nSPS) is 10.3. The van der Waals surface area contributed by atoms with Gasteiger partial charge in [-0.2, -0.15) is 4.39 Å². The van der Waals surface area contributed by atoms with Gasteiger partial charge in [0, 0.05) is 19.8 Å². The summed E-state index contributed by atoms with van der Waals surface area (Å²) in [6.45, 7) is 0.322. The lowest BCUT2D eigenvalue weighted by molar-refractivity contribution is 0.0779. The minimum Gasteiger partial charge on any atom is -0.337 e. The Kier molecular flexibility index (Phi) is 3.85. The summed E-state index contributed by atoms with van der Waals surface area (Å²) in [4.78, 5) is 16.5. The molecule has 0 saturated carbocycles. The van der Waals surface area contributed by atoms with Gasteiger partial charge in [-0.15, -0.1) is 0 Å². The zero-order chi connectivity index (χ0) is 13.8. The Morgan fingerprint density at radius 1 is 1.21 bits per heavy atom. The summed E-state index contributed by atoms with van der Waals surface area (Å²) in [6.07, 6.45) is 1.07. The van der Waals surface area contributed by atoms with Crippen LogP contribution in [0.5, 0.6) is 0 Å². The topological polar surface area (TPSA) is 33.2 Å². The molecule has 0 unspecified atom stereocenters. The van der Waals surface area contributed by atoms with Gasteiger partial charge < -0.3 is 4.90 Å². The molecule has 0 spiro atoms. The van der Waals surface area contributed by atoms with E-state index in [1.807, 2.05) is 30.3 Å². The lowest BCUT2D eigenvalue weighted by Gasteiger charge is -2.17. The third kappa shape index (κ3) is 2.93. The molecule has 3 nitrogen and oxygen atoms in total. The van der Waals surface area contributed by atoms with Crippen molar-refractivity contribution in [2.75, 3.05) is 7.05 Å². The van der Waals surface area contributed by atoms with Crippen LogP contribution in [0.1, 0.15) is 15.9 Å². The smallest absolute Gasteiger partial charge is 0.257 e. The Balaban J connectivity index is 2.18. The van der Waals surface area contributed by atoms with Crippen LogP contribution in [0.2, 0.25) is 0 Å². The standard InChI is InChI=1S/C14H12F2N2O/c1-18(9-10-5-3-2-4-6-10)14(19)11-7-8-17-13(16)12(11)15/h2-8H,9H2,1H3. The lowest BCUT2D eigenvalue weighted by atomic mass is 10.2. The zero-order valence-corrected chi connectivity index (χ0v) is 10.3. The van der Waals surface area contributed by atoms with E-state index in [1.165, 1.54) is 18.0 Å². The van der Waals surface area contributed by atoms with E-state index in [-0.39, 0.29) is 5.56 Å². The molecular weight excluding hydrogens is 250 g/mol. The van der Waals surface area contributed by atoms with E-state index in [4.69, 9.17) is 0 Å². The summed E-state index contributed by atoms with van der Waals surface area (Å²) in [5.74, 6) is -3.06. The van der Waals surface area contributed by atoms with Gasteiger partial charge in [0.05, 0.1) is 5.56 Å². The number of halogens is 2. The van der Waals surface area contributed by atoms with Crippen LogP contribution in [0.3, 0.4) is 0 Å². The number of hydrogen-bond donors (Lipinski definition) is 0. The Hall–Kier alpha value is -2.30. The second kappa shape index (κ2) is 5.56. The Morgan fingerprint density at radius 3 is 2.58 bits per heavy atom. The molecule has 0 N–H and O–H groups in total. The Labute approximate surface area is 109 Å². The van der Waals surface area contributed by atoms with Gasteiger partial charge in [-0.3, -0.25) is 4.79 Å². The molecule has 0 aliphatic rings. The minimum absolute atomic E-state index is 0.314. The SMILES string of the molecule is CN(Cc1ccccc1)C(=O)c1ccnc(F)c1F. The molecule has 0 fully saturated rings. The van der Waals surface area contributed by atoms with Crippen LogP contribution in [0.4, 0.5) is 8.78 Å². The number of aromatic nitrogens is 1. The molecule has 98 valence electrons. The highest BCUT2D eigenvalue weighted by atomic mass is 19.2. The third-order valence-electron chi connectivity index (χ3n) is 2.69. The predicted octanol–water partition coefficient (Wildman–Crippen LogP) is 2.63. The first kappa shape index (κ1) is 13.1. The van der Waals surface area contributed by atoms with E-state index in [9.17, 15) is 13.6 Å². The van der Waals surface area contributed by atoms with Gasteiger partial charge >= 0.3 is 0 Å². The number of carbonyl (C=O) groups is 1. The summed E-state index contributed by atoms with van der Waals surface area (Å²) >= 11 is 0. The first-order valence-electron chi connectivity index (χ1n) is 5.69. The molecule has 19 heavy (non-hydrogen) atoms. The van der Waals surface area contributed by atoms with E-state index < -0.39 is 17.7 Å². The van der Waals surface area contributed by atoms with Crippen LogP contribution < -0.4 is 0 Å². The van der Waals surface area contributed by atoms with Gasteiger partial charge in [0.1, 0.15) is 0 Å². The summed E-state index contributed by atoms with van der Waals surface area (Å²) < 4.78 is 26.4. The van der Waals surface area contributed by atoms with Gasteiger partial charge in [-0.25, -0.2) is 9.37 Å². The van der Waals surface area contributed by atoms with Crippen LogP contribution in [0.25, 0.3) is 0 Å². The molecule has 2 aromatic rings. The Morgan fingerprint density at radius 2 is 1.89 bits per heavy atom. The van der Waals surface area contributed by atoms with Gasteiger partial charge in [0.25, 0.3) is 5.91 Å². The summed E-state index contributed by atoms with van der Waals surface area (Å²) in [6, 6.07) is 10.4. The number of hydrogen-bond acceptors (Lipinski definition) is 2. The molecule has 1 heterocycles. The van der Waals surface area contributed by atoms with Crippen LogP contribution in [0.15, 0.2) is 42.6 Å². The lowest BCUT2D eigenvalue weighted by Crippen LogP contribution is -2.27. The average Bonchev–Trinajstić information content (AvgIpc) is 2.42. The molecule has 1 aromatic carbocycles. The van der Waals surface area contributed by atoms with Crippen LogP contribution in [-0.4, -0.2) is 22.8 Å². The van der Waals surface area contributed by atoms with Crippen molar-refractivity contribution in [1.29, 1.82) is 0 Å². The number of nitrogens with zero attached hydrogens (tertiary/aromatic N) is 2. The van der Waals surface area contributed by atoms with E-state index in [1.54, 1.807) is 0 Å². The van der Waals surface area contributed by atoms with Crippen molar-refractivity contribution in [2.24, 2.45) is 0 Å². The van der Waals surface area contributed by atoms with Gasteiger partial charge in [0.2, 0.25) is 5.95 Å². The fourth-order valence-electron chi connectivity index (χ4n) is 1.72. The minimum atomic E-state index is -1.26. The number of benzene rings is 1. The number of amides is 1. The first-order valence-corrected chi connectivity index (χ1v) is 5.69. The molecule has 0 aliphatic carbocycles. The fraction of sp³-hybridized carbons (Fsp3) is 0.143. The summed E-state index contributed by atoms with van der Waals surface area (Å²) in [7, 11) is 1.53. The predicted molar refractivity (Wildman–Crippen MR) is 66.4 cm³/mol. The highest BCUT2D eigenvalue weighted by Crippen LogP contribution is 2.13. The molecule has 1 aromatic heterocycles. The van der Waals surface area contributed by atoms with Crippen molar-refractivity contribution >= 4 is 5.91 Å². The van der Waals surface area contributed by atoms with E-state index >= 15 is 0 Å². The highest BCUT2D eigenvalue weighted by Gasteiger charge is 2.19. The Bertz CT molecular complexity index is 587. The maximum Gasteiger partial charge on any atom is 0.257 e. The average molecular weight is 262 g/mol. The zero-order valence-electron chi connectivity index (χ0n) is 10.3. The summed E-state index contributed by atoms with van der Waals surface area (Å²) in [5, 5.41) is 0. The van der Waals surface area contributed by atoms with Crippen molar-refractivity contribution < 1.29 is 13.6 Å². The number of pyridine rings is 1. The second-order valence-corrected chi connectivity index (χ2v) is 4.11. The van der Waals surface area contributed by atoms with E-state index in [2.05, 4.69) is 4.98 Å². The molecule has 1 amide bonds. The molecule has 0 aliphatic heterocycles. The molecule has 0 bridgehead atoms. The quantitative estimate of drug-likeness (QED) is 0.797. The van der Waals surface area contributed by atoms with Crippen molar-refractivity contribution in [3.63, 3.8) is 0 Å². The molecule has 0 saturated heterocycles. The highest BCUT2D eigenvalue weighted by molar-refractivity contribution is 5.94. The van der Waals surface area contributed by atoms with E-state index in [0.29, 0.717) is 6.54 Å². The van der Waals surface area contributed by atoms with E-state index in [0.717, 1.165) is 11.8 Å². The van der Waals surface area contributed by atoms with Gasteiger partial charge in [-0.05, 0) is 11.6 Å². The largest absolute Gasteiger partial charge is 0.337 e. The van der Waals surface area contributed by atoms with Gasteiger partial charge in [-0.1, -0.05) is 30.3 Å². The van der Waals surface area contributed by atoms with Crippen molar-refractivity contribution in [2.45, 2.75) is 6.54 Å². The molecule has 5 heteroatoms. The van der Waals surface area contributed by atoms with Crippen LogP contribution >= 0.6 is 0 Å². The molecule has 0 atom stereocenters. The summed E-state index contributed by atoms with van der Waals surface area (Å²) in [5.41, 5.74) is 0.596. The van der Waals surface area contributed by atoms with Crippen LogP contribution in [-0.2, 0) is 6.54 Å². The maximum absolute atomic E-state index is 13.5. The number of rotatable bonds is 3. The maximum atomic E-state index is 13.5. The van der Waals surface area contributed by atoms with Crippen molar-refractivity contribution in [3.8, 4) is 0 Å². The van der Waals surface area contributed by atoms with Crippen molar-refractivity contribution in [3.05, 3.63) is 65.5 Å². The second-order valence-electron chi connectivity index (χ2n) is 4.11. The molecular formula is C14H12F2N2O.